The van der Waals surface area contributed by atoms with Gasteiger partial charge in [0, 0.05) is 11.6 Å². The lowest BCUT2D eigenvalue weighted by Crippen LogP contribution is -2.18. The van der Waals surface area contributed by atoms with Crippen LogP contribution in [0, 0.1) is 5.82 Å². The average molecular weight is 371 g/mol. The van der Waals surface area contributed by atoms with Gasteiger partial charge in [-0.15, -0.1) is 0 Å². The number of aryl methyl sites for hydroxylation is 1. The summed E-state index contributed by atoms with van der Waals surface area (Å²) in [7, 11) is -3.32. The zero-order chi connectivity index (χ0) is 18.3. The lowest BCUT2D eigenvalue weighted by Gasteiger charge is -2.27. The highest BCUT2D eigenvalue weighted by atomic mass is 32.2. The molecule has 1 heterocycles. The molecule has 1 atom stereocenters. The first kappa shape index (κ1) is 16.9. The van der Waals surface area contributed by atoms with Crippen LogP contribution in [-0.4, -0.2) is 24.6 Å². The molecule has 0 spiro atoms. The maximum Gasteiger partial charge on any atom is 0.175 e. The molecule has 5 nitrogen and oxygen atoms in total. The van der Waals surface area contributed by atoms with Gasteiger partial charge in [0.15, 0.2) is 9.84 Å². The SMILES string of the molecule is CS(=O)(=O)c1ccc2ncnc(NC3CCCc4cc(F)ccc43)c2c1. The van der Waals surface area contributed by atoms with Gasteiger partial charge in [0.25, 0.3) is 0 Å². The molecule has 3 aromatic rings. The van der Waals surface area contributed by atoms with Crippen LogP contribution in [0.1, 0.15) is 30.0 Å². The summed E-state index contributed by atoms with van der Waals surface area (Å²) in [5.41, 5.74) is 2.73. The van der Waals surface area contributed by atoms with Gasteiger partial charge in [0.2, 0.25) is 0 Å². The molecule has 1 unspecified atom stereocenters. The van der Waals surface area contributed by atoms with Gasteiger partial charge in [0.1, 0.15) is 18.0 Å². The number of rotatable bonds is 3. The Labute approximate surface area is 151 Å². The van der Waals surface area contributed by atoms with E-state index in [-0.39, 0.29) is 16.8 Å². The van der Waals surface area contributed by atoms with Crippen LogP contribution in [0.25, 0.3) is 10.9 Å². The van der Waals surface area contributed by atoms with E-state index >= 15 is 0 Å². The number of aromatic nitrogens is 2. The molecule has 26 heavy (non-hydrogen) atoms. The number of sulfone groups is 1. The van der Waals surface area contributed by atoms with Crippen LogP contribution in [0.15, 0.2) is 47.6 Å². The Hall–Kier alpha value is -2.54. The number of anilines is 1. The molecule has 1 aliphatic carbocycles. The van der Waals surface area contributed by atoms with Crippen LogP contribution < -0.4 is 5.32 Å². The van der Waals surface area contributed by atoms with Crippen LogP contribution >= 0.6 is 0 Å². The summed E-state index contributed by atoms with van der Waals surface area (Å²) in [5.74, 6) is 0.359. The second-order valence-electron chi connectivity index (χ2n) is 6.61. The fourth-order valence-electron chi connectivity index (χ4n) is 3.48. The van der Waals surface area contributed by atoms with Gasteiger partial charge in [-0.25, -0.2) is 22.8 Å². The Bertz CT molecular complexity index is 1100. The van der Waals surface area contributed by atoms with Crippen molar-refractivity contribution in [3.8, 4) is 0 Å². The topological polar surface area (TPSA) is 72.0 Å². The number of benzene rings is 2. The maximum absolute atomic E-state index is 13.5. The monoisotopic (exact) mass is 371 g/mol. The Balaban J connectivity index is 1.77. The van der Waals surface area contributed by atoms with E-state index in [1.807, 2.05) is 6.07 Å². The van der Waals surface area contributed by atoms with Crippen LogP contribution in [0.4, 0.5) is 10.2 Å². The predicted octanol–water partition coefficient (Wildman–Crippen LogP) is 3.66. The van der Waals surface area contributed by atoms with Crippen molar-refractivity contribution in [2.24, 2.45) is 0 Å². The number of nitrogens with one attached hydrogen (secondary N) is 1. The summed E-state index contributed by atoms with van der Waals surface area (Å²) >= 11 is 0. The highest BCUT2D eigenvalue weighted by Crippen LogP contribution is 2.34. The Morgan fingerprint density at radius 3 is 2.81 bits per heavy atom. The summed E-state index contributed by atoms with van der Waals surface area (Å²) in [6, 6.07) is 9.70. The quantitative estimate of drug-likeness (QED) is 0.761. The van der Waals surface area contributed by atoms with Gasteiger partial charge in [-0.2, -0.15) is 0 Å². The number of hydrogen-bond acceptors (Lipinski definition) is 5. The highest BCUT2D eigenvalue weighted by molar-refractivity contribution is 7.90. The van der Waals surface area contributed by atoms with Gasteiger partial charge in [-0.1, -0.05) is 6.07 Å². The van der Waals surface area contributed by atoms with E-state index in [9.17, 15) is 12.8 Å². The molecule has 7 heteroatoms. The number of hydrogen-bond donors (Lipinski definition) is 1. The van der Waals surface area contributed by atoms with Crippen molar-refractivity contribution in [2.45, 2.75) is 30.2 Å². The molecule has 0 bridgehead atoms. The first-order valence-corrected chi connectivity index (χ1v) is 10.3. The van der Waals surface area contributed by atoms with Crippen molar-refractivity contribution in [1.29, 1.82) is 0 Å². The Morgan fingerprint density at radius 2 is 2.00 bits per heavy atom. The minimum Gasteiger partial charge on any atom is -0.363 e. The summed E-state index contributed by atoms with van der Waals surface area (Å²) < 4.78 is 37.3. The van der Waals surface area contributed by atoms with Crippen molar-refractivity contribution in [3.05, 3.63) is 59.7 Å². The highest BCUT2D eigenvalue weighted by Gasteiger charge is 2.22. The van der Waals surface area contributed by atoms with Gasteiger partial charge < -0.3 is 5.32 Å². The Morgan fingerprint density at radius 1 is 1.15 bits per heavy atom. The average Bonchev–Trinajstić information content (AvgIpc) is 2.61. The third-order valence-electron chi connectivity index (χ3n) is 4.77. The molecular weight excluding hydrogens is 353 g/mol. The summed E-state index contributed by atoms with van der Waals surface area (Å²) in [4.78, 5) is 8.77. The molecule has 0 aliphatic heterocycles. The second-order valence-corrected chi connectivity index (χ2v) is 8.62. The van der Waals surface area contributed by atoms with Crippen LogP contribution in [-0.2, 0) is 16.3 Å². The van der Waals surface area contributed by atoms with E-state index in [2.05, 4.69) is 15.3 Å². The molecular formula is C19H18FN3O2S. The van der Waals surface area contributed by atoms with E-state index in [1.54, 1.807) is 24.3 Å². The molecule has 0 amide bonds. The molecule has 1 N–H and O–H groups in total. The van der Waals surface area contributed by atoms with Crippen molar-refractivity contribution in [1.82, 2.24) is 9.97 Å². The lowest BCUT2D eigenvalue weighted by molar-refractivity contribution is 0.582. The van der Waals surface area contributed by atoms with Crippen molar-refractivity contribution < 1.29 is 12.8 Å². The third kappa shape index (κ3) is 3.14. The molecule has 2 aromatic carbocycles. The maximum atomic E-state index is 13.5. The lowest BCUT2D eigenvalue weighted by atomic mass is 9.87. The van der Waals surface area contributed by atoms with Gasteiger partial charge in [-0.05, 0) is 60.7 Å². The standard InChI is InChI=1S/C19H18FN3O2S/c1-26(24,25)14-6-8-17-16(10-14)19(22-11-21-17)23-18-4-2-3-12-9-13(20)5-7-15(12)18/h5-11,18H,2-4H2,1H3,(H,21,22,23). The molecule has 4 rings (SSSR count). The first-order valence-electron chi connectivity index (χ1n) is 8.41. The molecule has 0 saturated carbocycles. The zero-order valence-electron chi connectivity index (χ0n) is 14.2. The minimum atomic E-state index is -3.32. The molecule has 134 valence electrons. The summed E-state index contributed by atoms with van der Waals surface area (Å²) in [6.07, 6.45) is 5.34. The van der Waals surface area contributed by atoms with Crippen LogP contribution in [0.3, 0.4) is 0 Å². The van der Waals surface area contributed by atoms with E-state index in [1.165, 1.54) is 18.6 Å². The first-order chi connectivity index (χ1) is 12.4. The van der Waals surface area contributed by atoms with E-state index in [0.717, 1.165) is 30.4 Å². The second kappa shape index (κ2) is 6.32. The van der Waals surface area contributed by atoms with Gasteiger partial charge in [0.05, 0.1) is 16.5 Å². The fourth-order valence-corrected chi connectivity index (χ4v) is 4.13. The number of halogens is 1. The van der Waals surface area contributed by atoms with Crippen molar-refractivity contribution in [3.63, 3.8) is 0 Å². The largest absolute Gasteiger partial charge is 0.363 e. The molecule has 1 aliphatic rings. The van der Waals surface area contributed by atoms with E-state index in [0.29, 0.717) is 16.7 Å². The number of nitrogens with zero attached hydrogens (tertiary/aromatic N) is 2. The van der Waals surface area contributed by atoms with Crippen molar-refractivity contribution in [2.75, 3.05) is 11.6 Å². The molecule has 0 radical (unpaired) electrons. The molecule has 0 fully saturated rings. The fraction of sp³-hybridized carbons (Fsp3) is 0.263. The third-order valence-corrected chi connectivity index (χ3v) is 5.88. The summed E-state index contributed by atoms with van der Waals surface area (Å²) in [6.45, 7) is 0. The van der Waals surface area contributed by atoms with E-state index < -0.39 is 9.84 Å². The smallest absolute Gasteiger partial charge is 0.175 e. The summed E-state index contributed by atoms with van der Waals surface area (Å²) in [5, 5.41) is 4.07. The van der Waals surface area contributed by atoms with Crippen LogP contribution in [0.5, 0.6) is 0 Å². The minimum absolute atomic E-state index is 0.000611. The van der Waals surface area contributed by atoms with Crippen LogP contribution in [0.2, 0.25) is 0 Å². The van der Waals surface area contributed by atoms with E-state index in [4.69, 9.17) is 0 Å². The van der Waals surface area contributed by atoms with Crippen molar-refractivity contribution >= 4 is 26.6 Å². The number of fused-ring (bicyclic) bond motifs is 2. The zero-order valence-corrected chi connectivity index (χ0v) is 15.1. The predicted molar refractivity (Wildman–Crippen MR) is 98.3 cm³/mol. The molecule has 0 saturated heterocycles. The normalized spacial score (nSPS) is 17.1. The van der Waals surface area contributed by atoms with Gasteiger partial charge >= 0.3 is 0 Å². The Kier molecular flexibility index (Phi) is 4.11. The molecule has 1 aromatic heterocycles. The van der Waals surface area contributed by atoms with Gasteiger partial charge in [-0.3, -0.25) is 0 Å².